The first-order valence-electron chi connectivity index (χ1n) is 7.80. The zero-order valence-corrected chi connectivity index (χ0v) is 14.2. The number of ether oxygens (including phenoxy) is 2. The van der Waals surface area contributed by atoms with Crippen molar-refractivity contribution in [3.63, 3.8) is 0 Å². The lowest BCUT2D eigenvalue weighted by Gasteiger charge is -2.29. The lowest BCUT2D eigenvalue weighted by atomic mass is 10.1. The second kappa shape index (κ2) is 6.39. The van der Waals surface area contributed by atoms with Crippen molar-refractivity contribution in [2.45, 2.75) is 26.6 Å². The van der Waals surface area contributed by atoms with Gasteiger partial charge in [-0.25, -0.2) is 9.59 Å². The number of rotatable bonds is 3. The topological polar surface area (TPSA) is 77.5 Å². The van der Waals surface area contributed by atoms with Crippen molar-refractivity contribution in [1.29, 1.82) is 0 Å². The monoisotopic (exact) mass is 338 g/mol. The third-order valence-electron chi connectivity index (χ3n) is 3.60. The maximum atomic E-state index is 11.9. The molecule has 0 aliphatic carbocycles. The Morgan fingerprint density at radius 3 is 2.28 bits per heavy atom. The number of nitrogens with one attached hydrogen (secondary N) is 1. The summed E-state index contributed by atoms with van der Waals surface area (Å²) in [7, 11) is 0. The number of hydrogen-bond acceptors (Lipinski definition) is 6. The number of carbonyl (C=O) groups is 2. The number of benzene rings is 1. The summed E-state index contributed by atoms with van der Waals surface area (Å²) < 4.78 is 10.1. The first kappa shape index (κ1) is 16.7. The van der Waals surface area contributed by atoms with Crippen LogP contribution in [0.3, 0.4) is 0 Å². The molecule has 1 aliphatic heterocycles. The molecule has 1 N–H and O–H groups in total. The highest BCUT2D eigenvalue weighted by Crippen LogP contribution is 2.23. The van der Waals surface area contributed by atoms with Crippen molar-refractivity contribution < 1.29 is 19.1 Å². The molecule has 0 radical (unpaired) electrons. The summed E-state index contributed by atoms with van der Waals surface area (Å²) in [5.74, 6) is -2.67. The highest BCUT2D eigenvalue weighted by atomic mass is 16.7. The lowest BCUT2D eigenvalue weighted by Crippen LogP contribution is -2.42. The molecular formula is C19H18N2O4. The second-order valence-corrected chi connectivity index (χ2v) is 6.18. The van der Waals surface area contributed by atoms with E-state index in [1.54, 1.807) is 6.20 Å². The molecule has 2 aromatic rings. The fourth-order valence-electron chi connectivity index (χ4n) is 2.37. The molecule has 1 aromatic carbocycles. The Hall–Kier alpha value is -3.15. The zero-order chi connectivity index (χ0) is 18.0. The zero-order valence-electron chi connectivity index (χ0n) is 14.2. The number of aryl methyl sites for hydroxylation is 1. The average Bonchev–Trinajstić information content (AvgIpc) is 2.53. The number of hydrogen-bond donors (Lipinski definition) is 1. The Morgan fingerprint density at radius 2 is 1.68 bits per heavy atom. The number of esters is 2. The van der Waals surface area contributed by atoms with Gasteiger partial charge in [0.1, 0.15) is 0 Å². The van der Waals surface area contributed by atoms with Crippen molar-refractivity contribution in [1.82, 2.24) is 4.98 Å². The summed E-state index contributed by atoms with van der Waals surface area (Å²) in [5, 5.41) is 2.91. The molecule has 128 valence electrons. The van der Waals surface area contributed by atoms with Crippen molar-refractivity contribution in [2.24, 2.45) is 0 Å². The summed E-state index contributed by atoms with van der Waals surface area (Å²) in [6.07, 6.45) is 3.06. The van der Waals surface area contributed by atoms with E-state index >= 15 is 0 Å². The Labute approximate surface area is 145 Å². The van der Waals surface area contributed by atoms with Gasteiger partial charge in [0.2, 0.25) is 0 Å². The molecule has 6 nitrogen and oxygen atoms in total. The number of anilines is 1. The van der Waals surface area contributed by atoms with Crippen LogP contribution in [0.15, 0.2) is 54.4 Å². The Balaban J connectivity index is 1.74. The standard InChI is InChI=1S/C19H18N2O4/c1-12-8-9-20-16(10-12)13-4-6-14(7-5-13)21-11-15-17(22)24-19(2,3)25-18(15)23/h4-11,21H,1-3H3. The Morgan fingerprint density at radius 1 is 1.04 bits per heavy atom. The third-order valence-corrected chi connectivity index (χ3v) is 3.60. The van der Waals surface area contributed by atoms with E-state index in [9.17, 15) is 9.59 Å². The van der Waals surface area contributed by atoms with Crippen LogP contribution in [0.4, 0.5) is 5.69 Å². The van der Waals surface area contributed by atoms with Gasteiger partial charge in [-0.15, -0.1) is 0 Å². The fraction of sp³-hybridized carbons (Fsp3) is 0.211. The van der Waals surface area contributed by atoms with Crippen LogP contribution in [0.2, 0.25) is 0 Å². The van der Waals surface area contributed by atoms with Crippen LogP contribution in [-0.2, 0) is 19.1 Å². The molecule has 1 fully saturated rings. The smallest absolute Gasteiger partial charge is 0.350 e. The van der Waals surface area contributed by atoms with E-state index in [1.807, 2.05) is 43.3 Å². The van der Waals surface area contributed by atoms with Crippen LogP contribution >= 0.6 is 0 Å². The molecule has 1 aliphatic rings. The molecule has 1 aromatic heterocycles. The molecule has 0 spiro atoms. The summed E-state index contributed by atoms with van der Waals surface area (Å²) in [6, 6.07) is 11.4. The molecule has 3 rings (SSSR count). The van der Waals surface area contributed by atoms with Crippen LogP contribution in [-0.4, -0.2) is 22.7 Å². The minimum atomic E-state index is -1.24. The lowest BCUT2D eigenvalue weighted by molar-refractivity contribution is -0.222. The van der Waals surface area contributed by atoms with Crippen LogP contribution in [0, 0.1) is 6.92 Å². The normalized spacial score (nSPS) is 16.0. The average molecular weight is 338 g/mol. The maximum absolute atomic E-state index is 11.9. The molecule has 1 saturated heterocycles. The third kappa shape index (κ3) is 3.85. The molecule has 0 unspecified atom stereocenters. The van der Waals surface area contributed by atoms with E-state index in [4.69, 9.17) is 9.47 Å². The predicted octanol–water partition coefficient (Wildman–Crippen LogP) is 3.19. The number of cyclic esters (lactones) is 2. The van der Waals surface area contributed by atoms with Crippen LogP contribution in [0.1, 0.15) is 19.4 Å². The summed E-state index contributed by atoms with van der Waals surface area (Å²) in [4.78, 5) is 28.1. The summed E-state index contributed by atoms with van der Waals surface area (Å²) in [6.45, 7) is 5.02. The highest BCUT2D eigenvalue weighted by molar-refractivity contribution is 6.15. The molecule has 25 heavy (non-hydrogen) atoms. The Kier molecular flexibility index (Phi) is 4.27. The highest BCUT2D eigenvalue weighted by Gasteiger charge is 2.38. The second-order valence-electron chi connectivity index (χ2n) is 6.18. The SMILES string of the molecule is Cc1ccnc(-c2ccc(NC=C3C(=O)OC(C)(C)OC3=O)cc2)c1. The van der Waals surface area contributed by atoms with E-state index < -0.39 is 17.7 Å². The van der Waals surface area contributed by atoms with Gasteiger partial charge in [0.05, 0.1) is 5.69 Å². The number of aromatic nitrogens is 1. The molecule has 0 saturated carbocycles. The van der Waals surface area contributed by atoms with E-state index in [-0.39, 0.29) is 5.57 Å². The van der Waals surface area contributed by atoms with E-state index in [2.05, 4.69) is 10.3 Å². The van der Waals surface area contributed by atoms with Crippen molar-refractivity contribution in [2.75, 3.05) is 5.32 Å². The first-order chi connectivity index (χ1) is 11.8. The largest absolute Gasteiger partial charge is 0.419 e. The summed E-state index contributed by atoms with van der Waals surface area (Å²) >= 11 is 0. The van der Waals surface area contributed by atoms with Gasteiger partial charge >= 0.3 is 11.9 Å². The van der Waals surface area contributed by atoms with Gasteiger partial charge in [0.25, 0.3) is 5.79 Å². The van der Waals surface area contributed by atoms with Gasteiger partial charge in [0.15, 0.2) is 5.57 Å². The van der Waals surface area contributed by atoms with Crippen LogP contribution < -0.4 is 5.32 Å². The molecule has 0 amide bonds. The van der Waals surface area contributed by atoms with Gasteiger partial charge in [-0.1, -0.05) is 12.1 Å². The first-order valence-corrected chi connectivity index (χ1v) is 7.80. The van der Waals surface area contributed by atoms with E-state index in [0.717, 1.165) is 16.8 Å². The Bertz CT molecular complexity index is 832. The van der Waals surface area contributed by atoms with Gasteiger partial charge in [-0.3, -0.25) is 4.98 Å². The van der Waals surface area contributed by atoms with Crippen LogP contribution in [0.5, 0.6) is 0 Å². The minimum Gasteiger partial charge on any atom is -0.419 e. The molecular weight excluding hydrogens is 320 g/mol. The number of nitrogens with zero attached hydrogens (tertiary/aromatic N) is 1. The van der Waals surface area contributed by atoms with Gasteiger partial charge < -0.3 is 14.8 Å². The van der Waals surface area contributed by atoms with Crippen LogP contribution in [0.25, 0.3) is 11.3 Å². The number of carbonyl (C=O) groups excluding carboxylic acids is 2. The molecule has 2 heterocycles. The number of pyridine rings is 1. The van der Waals surface area contributed by atoms with Gasteiger partial charge in [0, 0.05) is 37.5 Å². The van der Waals surface area contributed by atoms with Gasteiger partial charge in [-0.05, 0) is 36.8 Å². The summed E-state index contributed by atoms with van der Waals surface area (Å²) in [5.41, 5.74) is 3.53. The molecule has 6 heteroatoms. The fourth-order valence-corrected chi connectivity index (χ4v) is 2.37. The van der Waals surface area contributed by atoms with Gasteiger partial charge in [-0.2, -0.15) is 0 Å². The quantitative estimate of drug-likeness (QED) is 0.526. The van der Waals surface area contributed by atoms with Crippen molar-refractivity contribution in [3.05, 3.63) is 59.9 Å². The van der Waals surface area contributed by atoms with Crippen molar-refractivity contribution in [3.8, 4) is 11.3 Å². The minimum absolute atomic E-state index is 0.177. The predicted molar refractivity (Wildman–Crippen MR) is 92.4 cm³/mol. The van der Waals surface area contributed by atoms with E-state index in [1.165, 1.54) is 20.0 Å². The molecule has 0 atom stereocenters. The molecule has 0 bridgehead atoms. The maximum Gasteiger partial charge on any atom is 0.350 e. The van der Waals surface area contributed by atoms with E-state index in [0.29, 0.717) is 5.69 Å². The van der Waals surface area contributed by atoms with Crippen molar-refractivity contribution >= 4 is 17.6 Å².